The van der Waals surface area contributed by atoms with Gasteiger partial charge >= 0.3 is 0 Å². The monoisotopic (exact) mass is 317 g/mol. The number of benzene rings is 1. The zero-order valence-electron chi connectivity index (χ0n) is 12.6. The maximum atomic E-state index is 13.1. The van der Waals surface area contributed by atoms with Gasteiger partial charge in [0.1, 0.15) is 5.82 Å². The van der Waals surface area contributed by atoms with Crippen LogP contribution in [0.25, 0.3) is 0 Å². The van der Waals surface area contributed by atoms with E-state index in [0.717, 1.165) is 31.9 Å². The van der Waals surface area contributed by atoms with Crippen molar-refractivity contribution in [1.82, 2.24) is 10.6 Å². The Kier molecular flexibility index (Phi) is 4.43. The first-order chi connectivity index (χ1) is 10.7. The van der Waals surface area contributed by atoms with Gasteiger partial charge < -0.3 is 10.6 Å². The fourth-order valence-corrected chi connectivity index (χ4v) is 3.22. The van der Waals surface area contributed by atoms with Crippen molar-refractivity contribution in [2.24, 2.45) is 4.99 Å². The molecule has 3 nitrogen and oxygen atoms in total. The number of thiophene rings is 1. The normalized spacial score (nSPS) is 16.4. The second kappa shape index (κ2) is 6.48. The third-order valence-electron chi connectivity index (χ3n) is 4.14. The molecule has 1 aliphatic carbocycles. The van der Waals surface area contributed by atoms with Gasteiger partial charge in [-0.1, -0.05) is 18.2 Å². The number of aliphatic imine (C=N–C) groups is 1. The standard InChI is InChI=1S/C17H20FN3S/c1-19-16(20-11-15-3-2-10-22-15)21-12-17(8-9-17)13-4-6-14(18)7-5-13/h2-7,10H,8-9,11-12H2,1H3,(H2,19,20,21). The van der Waals surface area contributed by atoms with E-state index in [1.165, 1.54) is 10.4 Å². The largest absolute Gasteiger partial charge is 0.356 e. The Morgan fingerprint density at radius 2 is 2.00 bits per heavy atom. The van der Waals surface area contributed by atoms with Gasteiger partial charge in [-0.25, -0.2) is 4.39 Å². The minimum absolute atomic E-state index is 0.133. The minimum Gasteiger partial charge on any atom is -0.356 e. The molecule has 116 valence electrons. The van der Waals surface area contributed by atoms with Crippen molar-refractivity contribution in [1.29, 1.82) is 0 Å². The van der Waals surface area contributed by atoms with E-state index in [9.17, 15) is 4.39 Å². The number of halogens is 1. The van der Waals surface area contributed by atoms with E-state index in [4.69, 9.17) is 0 Å². The Bertz CT molecular complexity index is 630. The molecule has 1 aromatic heterocycles. The average molecular weight is 317 g/mol. The Morgan fingerprint density at radius 3 is 2.59 bits per heavy atom. The molecule has 2 N–H and O–H groups in total. The van der Waals surface area contributed by atoms with Crippen LogP contribution in [0, 0.1) is 5.82 Å². The van der Waals surface area contributed by atoms with Crippen LogP contribution in [0.3, 0.4) is 0 Å². The summed E-state index contributed by atoms with van der Waals surface area (Å²) in [5.74, 6) is 0.628. The molecule has 5 heteroatoms. The van der Waals surface area contributed by atoms with Crippen LogP contribution in [0.1, 0.15) is 23.3 Å². The first-order valence-electron chi connectivity index (χ1n) is 7.45. The van der Waals surface area contributed by atoms with Crippen LogP contribution in [-0.2, 0) is 12.0 Å². The molecular formula is C17H20FN3S. The van der Waals surface area contributed by atoms with E-state index in [0.29, 0.717) is 0 Å². The van der Waals surface area contributed by atoms with Crippen LogP contribution in [0.2, 0.25) is 0 Å². The number of nitrogens with one attached hydrogen (secondary N) is 2. The molecule has 22 heavy (non-hydrogen) atoms. The molecule has 0 atom stereocenters. The highest BCUT2D eigenvalue weighted by atomic mass is 32.1. The molecule has 1 saturated carbocycles. The Hall–Kier alpha value is -1.88. The van der Waals surface area contributed by atoms with E-state index in [1.54, 1.807) is 30.5 Å². The summed E-state index contributed by atoms with van der Waals surface area (Å²) in [4.78, 5) is 5.55. The molecule has 0 aliphatic heterocycles. The molecular weight excluding hydrogens is 297 g/mol. The van der Waals surface area contributed by atoms with Crippen LogP contribution >= 0.6 is 11.3 Å². The number of nitrogens with zero attached hydrogens (tertiary/aromatic N) is 1. The second-order valence-corrected chi connectivity index (χ2v) is 6.68. The number of hydrogen-bond donors (Lipinski definition) is 2. The van der Waals surface area contributed by atoms with E-state index >= 15 is 0 Å². The molecule has 0 spiro atoms. The zero-order chi connectivity index (χ0) is 15.4. The van der Waals surface area contributed by atoms with Gasteiger partial charge in [-0.3, -0.25) is 4.99 Å². The Morgan fingerprint density at radius 1 is 1.23 bits per heavy atom. The van der Waals surface area contributed by atoms with Gasteiger partial charge in [0.2, 0.25) is 0 Å². The quantitative estimate of drug-likeness (QED) is 0.656. The third kappa shape index (κ3) is 3.47. The van der Waals surface area contributed by atoms with E-state index in [1.807, 2.05) is 18.2 Å². The highest BCUT2D eigenvalue weighted by Gasteiger charge is 2.44. The summed E-state index contributed by atoms with van der Waals surface area (Å²) in [6, 6.07) is 11.0. The van der Waals surface area contributed by atoms with Crippen molar-refractivity contribution < 1.29 is 4.39 Å². The van der Waals surface area contributed by atoms with Crippen molar-refractivity contribution in [2.45, 2.75) is 24.8 Å². The molecule has 1 heterocycles. The lowest BCUT2D eigenvalue weighted by atomic mass is 9.96. The predicted octanol–water partition coefficient (Wildman–Crippen LogP) is 3.28. The summed E-state index contributed by atoms with van der Waals surface area (Å²) in [7, 11) is 1.78. The van der Waals surface area contributed by atoms with Crippen LogP contribution in [0.4, 0.5) is 4.39 Å². The third-order valence-corrected chi connectivity index (χ3v) is 5.01. The molecule has 1 aromatic carbocycles. The zero-order valence-corrected chi connectivity index (χ0v) is 13.4. The second-order valence-electron chi connectivity index (χ2n) is 5.65. The van der Waals surface area contributed by atoms with Crippen LogP contribution in [-0.4, -0.2) is 19.6 Å². The van der Waals surface area contributed by atoms with E-state index in [-0.39, 0.29) is 11.2 Å². The first kappa shape index (κ1) is 15.0. The summed E-state index contributed by atoms with van der Waals surface area (Å²) in [5.41, 5.74) is 1.34. The molecule has 0 saturated heterocycles. The van der Waals surface area contributed by atoms with Gasteiger partial charge in [-0.15, -0.1) is 11.3 Å². The fraction of sp³-hybridized carbons (Fsp3) is 0.353. The summed E-state index contributed by atoms with van der Waals surface area (Å²) >= 11 is 1.73. The molecule has 0 bridgehead atoms. The summed E-state index contributed by atoms with van der Waals surface area (Å²) in [5, 5.41) is 8.79. The summed E-state index contributed by atoms with van der Waals surface area (Å²) in [6.07, 6.45) is 2.26. The number of guanidine groups is 1. The van der Waals surface area contributed by atoms with Gasteiger partial charge in [0.15, 0.2) is 5.96 Å². The predicted molar refractivity (Wildman–Crippen MR) is 89.8 cm³/mol. The van der Waals surface area contributed by atoms with Crippen molar-refractivity contribution in [2.75, 3.05) is 13.6 Å². The Balaban J connectivity index is 1.55. The molecule has 0 radical (unpaired) electrons. The van der Waals surface area contributed by atoms with Gasteiger partial charge in [0, 0.05) is 23.9 Å². The highest BCUT2D eigenvalue weighted by Crippen LogP contribution is 2.47. The number of rotatable bonds is 5. The van der Waals surface area contributed by atoms with Crippen LogP contribution < -0.4 is 10.6 Å². The first-order valence-corrected chi connectivity index (χ1v) is 8.33. The molecule has 0 amide bonds. The SMILES string of the molecule is CN=C(NCc1cccs1)NCC1(c2ccc(F)cc2)CC1. The van der Waals surface area contributed by atoms with Crippen molar-refractivity contribution in [3.63, 3.8) is 0 Å². The van der Waals surface area contributed by atoms with E-state index < -0.39 is 0 Å². The summed E-state index contributed by atoms with van der Waals surface area (Å²) < 4.78 is 13.1. The van der Waals surface area contributed by atoms with Gasteiger partial charge in [-0.05, 0) is 42.0 Å². The Labute approximate surface area is 134 Å². The maximum Gasteiger partial charge on any atom is 0.191 e. The van der Waals surface area contributed by atoms with Crippen molar-refractivity contribution in [3.8, 4) is 0 Å². The van der Waals surface area contributed by atoms with Crippen LogP contribution in [0.5, 0.6) is 0 Å². The molecule has 2 aromatic rings. The average Bonchev–Trinajstić information content (AvgIpc) is 3.14. The van der Waals surface area contributed by atoms with Crippen LogP contribution in [0.15, 0.2) is 46.8 Å². The smallest absolute Gasteiger partial charge is 0.191 e. The fourth-order valence-electron chi connectivity index (χ4n) is 2.58. The van der Waals surface area contributed by atoms with Crippen molar-refractivity contribution in [3.05, 3.63) is 58.0 Å². The topological polar surface area (TPSA) is 36.4 Å². The molecule has 0 unspecified atom stereocenters. The molecule has 3 rings (SSSR count). The molecule has 1 fully saturated rings. The van der Waals surface area contributed by atoms with Gasteiger partial charge in [0.25, 0.3) is 0 Å². The van der Waals surface area contributed by atoms with E-state index in [2.05, 4.69) is 27.1 Å². The highest BCUT2D eigenvalue weighted by molar-refractivity contribution is 7.09. The van der Waals surface area contributed by atoms with Gasteiger partial charge in [0.05, 0.1) is 6.54 Å². The number of hydrogen-bond acceptors (Lipinski definition) is 2. The lowest BCUT2D eigenvalue weighted by Crippen LogP contribution is -2.40. The maximum absolute atomic E-state index is 13.1. The summed E-state index contributed by atoms with van der Waals surface area (Å²) in [6.45, 7) is 1.60. The lowest BCUT2D eigenvalue weighted by molar-refractivity contribution is 0.617. The van der Waals surface area contributed by atoms with Crippen molar-refractivity contribution >= 4 is 17.3 Å². The minimum atomic E-state index is -0.180. The van der Waals surface area contributed by atoms with Gasteiger partial charge in [-0.2, -0.15) is 0 Å². The molecule has 1 aliphatic rings. The lowest BCUT2D eigenvalue weighted by Gasteiger charge is -2.19.